The number of benzene rings is 1. The number of hydrogen-bond acceptors (Lipinski definition) is 3. The Morgan fingerprint density at radius 2 is 2.17 bits per heavy atom. The summed E-state index contributed by atoms with van der Waals surface area (Å²) in [6.45, 7) is 4.71. The summed E-state index contributed by atoms with van der Waals surface area (Å²) in [6, 6.07) is 8.29. The van der Waals surface area contributed by atoms with E-state index in [1.165, 1.54) is 5.56 Å². The van der Waals surface area contributed by atoms with Crippen LogP contribution in [0.15, 0.2) is 24.3 Å². The van der Waals surface area contributed by atoms with Crippen molar-refractivity contribution in [3.63, 3.8) is 0 Å². The molecule has 0 radical (unpaired) electrons. The molecule has 1 aromatic carbocycles. The number of unbranched alkanes of at least 4 members (excludes halogenated alkanes) is 1. The molecule has 0 aliphatic carbocycles. The summed E-state index contributed by atoms with van der Waals surface area (Å²) in [5, 5.41) is 8.42. The minimum Gasteiger partial charge on any atom is -0.325 e. The molecule has 0 atom stereocenters. The molecule has 0 saturated carbocycles. The van der Waals surface area contributed by atoms with E-state index in [9.17, 15) is 0 Å². The summed E-state index contributed by atoms with van der Waals surface area (Å²) in [5.74, 6) is 0. The van der Waals surface area contributed by atoms with Gasteiger partial charge in [0.05, 0.1) is 17.1 Å². The maximum Gasteiger partial charge on any atom is 0.0999 e. The highest BCUT2D eigenvalue weighted by molar-refractivity contribution is 5.36. The van der Waals surface area contributed by atoms with Gasteiger partial charge in [-0.05, 0) is 37.5 Å². The lowest BCUT2D eigenvalue weighted by Crippen LogP contribution is -2.06. The van der Waals surface area contributed by atoms with Crippen LogP contribution in [-0.2, 0) is 13.0 Å². The van der Waals surface area contributed by atoms with Crippen molar-refractivity contribution in [1.29, 1.82) is 0 Å². The molecule has 96 valence electrons. The van der Waals surface area contributed by atoms with Crippen LogP contribution in [0.5, 0.6) is 0 Å². The first-order valence-corrected chi connectivity index (χ1v) is 6.46. The highest BCUT2D eigenvalue weighted by Crippen LogP contribution is 2.16. The van der Waals surface area contributed by atoms with Gasteiger partial charge in [0.2, 0.25) is 0 Å². The first kappa shape index (κ1) is 12.8. The second kappa shape index (κ2) is 5.78. The molecule has 0 fully saturated rings. The van der Waals surface area contributed by atoms with E-state index >= 15 is 0 Å². The lowest BCUT2D eigenvalue weighted by Gasteiger charge is -2.07. The second-order valence-corrected chi connectivity index (χ2v) is 4.54. The third-order valence-electron chi connectivity index (χ3n) is 3.05. The van der Waals surface area contributed by atoms with Crippen LogP contribution in [0.3, 0.4) is 0 Å². The van der Waals surface area contributed by atoms with Crippen LogP contribution in [0.2, 0.25) is 0 Å². The first-order chi connectivity index (χ1) is 8.76. The van der Waals surface area contributed by atoms with E-state index in [2.05, 4.69) is 42.4 Å². The largest absolute Gasteiger partial charge is 0.325 e. The maximum atomic E-state index is 5.73. The number of rotatable bonds is 5. The van der Waals surface area contributed by atoms with E-state index < -0.39 is 0 Å². The summed E-state index contributed by atoms with van der Waals surface area (Å²) < 4.78 is 1.92. The maximum absolute atomic E-state index is 5.73. The van der Waals surface area contributed by atoms with Crippen molar-refractivity contribution in [3.05, 3.63) is 41.2 Å². The Kier molecular flexibility index (Phi) is 4.10. The molecule has 0 aliphatic rings. The van der Waals surface area contributed by atoms with E-state index in [4.69, 9.17) is 5.73 Å². The second-order valence-electron chi connectivity index (χ2n) is 4.54. The van der Waals surface area contributed by atoms with Gasteiger partial charge in [-0.2, -0.15) is 0 Å². The van der Waals surface area contributed by atoms with Crippen molar-refractivity contribution in [1.82, 2.24) is 15.0 Å². The molecular formula is C14H20N4. The van der Waals surface area contributed by atoms with Crippen LogP contribution in [0.1, 0.15) is 36.7 Å². The van der Waals surface area contributed by atoms with Crippen molar-refractivity contribution in [3.8, 4) is 5.69 Å². The SMILES string of the molecule is CCCCc1c(CN)nnn1-c1cccc(C)c1. The van der Waals surface area contributed by atoms with Gasteiger partial charge in [-0.3, -0.25) is 0 Å². The standard InChI is InChI=1S/C14H20N4/c1-3-4-8-14-13(10-15)16-17-18(14)12-7-5-6-11(2)9-12/h5-7,9H,3-4,8,10,15H2,1-2H3. The van der Waals surface area contributed by atoms with Gasteiger partial charge in [-0.1, -0.05) is 30.7 Å². The number of aryl methyl sites for hydroxylation is 1. The number of nitrogens with zero attached hydrogens (tertiary/aromatic N) is 3. The molecule has 0 bridgehead atoms. The molecular weight excluding hydrogens is 224 g/mol. The average molecular weight is 244 g/mol. The fraction of sp³-hybridized carbons (Fsp3) is 0.429. The molecule has 4 heteroatoms. The Hall–Kier alpha value is -1.68. The van der Waals surface area contributed by atoms with E-state index in [0.717, 1.165) is 36.3 Å². The van der Waals surface area contributed by atoms with E-state index in [1.807, 2.05) is 10.7 Å². The molecule has 0 aliphatic heterocycles. The lowest BCUT2D eigenvalue weighted by molar-refractivity contribution is 0.713. The summed E-state index contributed by atoms with van der Waals surface area (Å²) in [7, 11) is 0. The van der Waals surface area contributed by atoms with Gasteiger partial charge in [0.25, 0.3) is 0 Å². The van der Waals surface area contributed by atoms with Crippen LogP contribution >= 0.6 is 0 Å². The Labute approximate surface area is 108 Å². The molecule has 0 amide bonds. The quantitative estimate of drug-likeness (QED) is 0.878. The van der Waals surface area contributed by atoms with Gasteiger partial charge in [-0.15, -0.1) is 5.10 Å². The molecule has 0 spiro atoms. The Morgan fingerprint density at radius 3 is 2.83 bits per heavy atom. The third kappa shape index (κ3) is 2.59. The number of hydrogen-bond donors (Lipinski definition) is 1. The summed E-state index contributed by atoms with van der Waals surface area (Å²) in [4.78, 5) is 0. The van der Waals surface area contributed by atoms with Crippen molar-refractivity contribution < 1.29 is 0 Å². The first-order valence-electron chi connectivity index (χ1n) is 6.46. The number of nitrogens with two attached hydrogens (primary N) is 1. The monoisotopic (exact) mass is 244 g/mol. The predicted molar refractivity (Wildman–Crippen MR) is 72.6 cm³/mol. The van der Waals surface area contributed by atoms with Gasteiger partial charge in [0.1, 0.15) is 0 Å². The Morgan fingerprint density at radius 1 is 1.33 bits per heavy atom. The van der Waals surface area contributed by atoms with E-state index in [1.54, 1.807) is 0 Å². The fourth-order valence-electron chi connectivity index (χ4n) is 2.05. The zero-order valence-electron chi connectivity index (χ0n) is 11.1. The minimum absolute atomic E-state index is 0.449. The van der Waals surface area contributed by atoms with Gasteiger partial charge < -0.3 is 5.73 Å². The smallest absolute Gasteiger partial charge is 0.0999 e. The van der Waals surface area contributed by atoms with Crippen LogP contribution in [0.25, 0.3) is 5.69 Å². The number of aromatic nitrogens is 3. The lowest BCUT2D eigenvalue weighted by atomic mass is 10.1. The molecule has 18 heavy (non-hydrogen) atoms. The van der Waals surface area contributed by atoms with Crippen LogP contribution < -0.4 is 5.73 Å². The predicted octanol–water partition coefficient (Wildman–Crippen LogP) is 2.38. The molecule has 0 unspecified atom stereocenters. The molecule has 2 rings (SSSR count). The molecule has 2 aromatic rings. The summed E-state index contributed by atoms with van der Waals surface area (Å²) in [5.41, 5.74) is 10.1. The van der Waals surface area contributed by atoms with Crippen LogP contribution in [0.4, 0.5) is 0 Å². The molecule has 1 aromatic heterocycles. The Bertz CT molecular complexity index is 516. The van der Waals surface area contributed by atoms with Crippen molar-refractivity contribution in [2.24, 2.45) is 5.73 Å². The van der Waals surface area contributed by atoms with Crippen molar-refractivity contribution in [2.45, 2.75) is 39.7 Å². The van der Waals surface area contributed by atoms with Gasteiger partial charge in [0.15, 0.2) is 0 Å². The molecule has 1 heterocycles. The zero-order chi connectivity index (χ0) is 13.0. The fourth-order valence-corrected chi connectivity index (χ4v) is 2.05. The van der Waals surface area contributed by atoms with Gasteiger partial charge in [-0.25, -0.2) is 4.68 Å². The van der Waals surface area contributed by atoms with Crippen molar-refractivity contribution >= 4 is 0 Å². The van der Waals surface area contributed by atoms with Crippen LogP contribution in [-0.4, -0.2) is 15.0 Å². The zero-order valence-corrected chi connectivity index (χ0v) is 11.1. The molecule has 0 saturated heterocycles. The Balaban J connectivity index is 2.40. The highest BCUT2D eigenvalue weighted by Gasteiger charge is 2.12. The van der Waals surface area contributed by atoms with Gasteiger partial charge >= 0.3 is 0 Å². The summed E-state index contributed by atoms with van der Waals surface area (Å²) >= 11 is 0. The third-order valence-corrected chi connectivity index (χ3v) is 3.05. The normalized spacial score (nSPS) is 10.8. The van der Waals surface area contributed by atoms with E-state index in [0.29, 0.717) is 6.54 Å². The summed E-state index contributed by atoms with van der Waals surface area (Å²) in [6.07, 6.45) is 3.26. The molecule has 2 N–H and O–H groups in total. The highest BCUT2D eigenvalue weighted by atomic mass is 15.4. The van der Waals surface area contributed by atoms with Crippen molar-refractivity contribution in [2.75, 3.05) is 0 Å². The molecule has 4 nitrogen and oxygen atoms in total. The average Bonchev–Trinajstić information content (AvgIpc) is 2.79. The topological polar surface area (TPSA) is 56.7 Å². The van der Waals surface area contributed by atoms with E-state index in [-0.39, 0.29) is 0 Å². The minimum atomic E-state index is 0.449. The van der Waals surface area contributed by atoms with Gasteiger partial charge in [0, 0.05) is 6.54 Å². The van der Waals surface area contributed by atoms with Crippen LogP contribution in [0, 0.1) is 6.92 Å².